The molecule has 0 fully saturated rings. The van der Waals surface area contributed by atoms with Gasteiger partial charge in [0.15, 0.2) is 11.5 Å². The van der Waals surface area contributed by atoms with Gasteiger partial charge in [0, 0.05) is 12.6 Å². The van der Waals surface area contributed by atoms with Crippen LogP contribution in [0.4, 0.5) is 5.69 Å². The molecule has 0 atom stereocenters. The number of halogens is 1. The van der Waals surface area contributed by atoms with Gasteiger partial charge in [0.2, 0.25) is 12.7 Å². The number of hydrogen-bond donors (Lipinski definition) is 1. The highest BCUT2D eigenvalue weighted by Crippen LogP contribution is 2.39. The lowest BCUT2D eigenvalue weighted by Gasteiger charge is -2.08. The fraction of sp³-hybridized carbons (Fsp3) is 0.214. The van der Waals surface area contributed by atoms with Crippen LogP contribution in [0.2, 0.25) is 5.02 Å². The molecule has 3 rings (SSSR count). The van der Waals surface area contributed by atoms with Crippen LogP contribution in [0.5, 0.6) is 17.4 Å². The molecule has 0 bridgehead atoms. The Bertz CT molecular complexity index is 617. The molecule has 6 heteroatoms. The van der Waals surface area contributed by atoms with Gasteiger partial charge in [-0.1, -0.05) is 11.6 Å². The van der Waals surface area contributed by atoms with Crippen LogP contribution in [-0.4, -0.2) is 18.9 Å². The van der Waals surface area contributed by atoms with Crippen LogP contribution in [0.15, 0.2) is 30.5 Å². The van der Waals surface area contributed by atoms with Crippen LogP contribution < -0.4 is 19.5 Å². The summed E-state index contributed by atoms with van der Waals surface area (Å²) in [6, 6.07) is 7.48. The molecule has 1 aliphatic heterocycles. The van der Waals surface area contributed by atoms with Gasteiger partial charge in [-0.3, -0.25) is 0 Å². The van der Waals surface area contributed by atoms with Gasteiger partial charge in [0.1, 0.15) is 0 Å². The Balaban J connectivity index is 1.70. The Hall–Kier alpha value is -2.14. The Morgan fingerprint density at radius 2 is 2.25 bits per heavy atom. The first-order chi connectivity index (χ1) is 9.76. The van der Waals surface area contributed by atoms with Crippen LogP contribution in [0.3, 0.4) is 0 Å². The molecule has 0 aliphatic carbocycles. The minimum Gasteiger partial charge on any atom is -0.481 e. The topological polar surface area (TPSA) is 52.6 Å². The van der Waals surface area contributed by atoms with E-state index < -0.39 is 0 Å². The molecule has 0 radical (unpaired) electrons. The van der Waals surface area contributed by atoms with Gasteiger partial charge < -0.3 is 19.5 Å². The minimum atomic E-state index is 0.217. The van der Waals surface area contributed by atoms with Gasteiger partial charge in [0.05, 0.1) is 24.0 Å². The number of methoxy groups -OCH3 is 1. The average molecular weight is 293 g/mol. The maximum atomic E-state index is 6.13. The standard InChI is InChI=1S/C14H13ClN2O3/c1-18-13-3-2-10(7-17-13)16-6-9-4-11(15)14-12(5-9)19-8-20-14/h2-5,7,16H,6,8H2,1H3. The third-order valence-electron chi connectivity index (χ3n) is 2.93. The Labute approximate surface area is 121 Å². The quantitative estimate of drug-likeness (QED) is 0.938. The minimum absolute atomic E-state index is 0.217. The second-order valence-electron chi connectivity index (χ2n) is 4.25. The predicted molar refractivity (Wildman–Crippen MR) is 75.7 cm³/mol. The predicted octanol–water partition coefficient (Wildman–Crippen LogP) is 3.08. The van der Waals surface area contributed by atoms with E-state index in [1.165, 1.54) is 0 Å². The molecule has 1 N–H and O–H groups in total. The van der Waals surface area contributed by atoms with Gasteiger partial charge in [0.25, 0.3) is 0 Å². The zero-order chi connectivity index (χ0) is 13.9. The van der Waals surface area contributed by atoms with E-state index in [9.17, 15) is 0 Å². The molecule has 104 valence electrons. The fourth-order valence-electron chi connectivity index (χ4n) is 1.93. The fourth-order valence-corrected chi connectivity index (χ4v) is 2.22. The van der Waals surface area contributed by atoms with Crippen LogP contribution in [-0.2, 0) is 6.54 Å². The number of nitrogens with zero attached hydrogens (tertiary/aromatic N) is 1. The number of hydrogen-bond acceptors (Lipinski definition) is 5. The Morgan fingerprint density at radius 1 is 1.35 bits per heavy atom. The first kappa shape index (κ1) is 12.9. The number of aromatic nitrogens is 1. The van der Waals surface area contributed by atoms with E-state index in [-0.39, 0.29) is 6.79 Å². The van der Waals surface area contributed by atoms with Gasteiger partial charge >= 0.3 is 0 Å². The van der Waals surface area contributed by atoms with E-state index in [1.54, 1.807) is 19.4 Å². The van der Waals surface area contributed by atoms with E-state index in [0.717, 1.165) is 11.3 Å². The van der Waals surface area contributed by atoms with Crippen molar-refractivity contribution in [3.63, 3.8) is 0 Å². The van der Waals surface area contributed by atoms with E-state index in [0.29, 0.717) is 28.9 Å². The smallest absolute Gasteiger partial charge is 0.231 e. The first-order valence-corrected chi connectivity index (χ1v) is 6.46. The maximum Gasteiger partial charge on any atom is 0.231 e. The van der Waals surface area contributed by atoms with E-state index in [1.807, 2.05) is 18.2 Å². The highest BCUT2D eigenvalue weighted by Gasteiger charge is 2.18. The zero-order valence-corrected chi connectivity index (χ0v) is 11.6. The van der Waals surface area contributed by atoms with Gasteiger partial charge in [-0.05, 0) is 23.8 Å². The Kier molecular flexibility index (Phi) is 3.52. The number of pyridine rings is 1. The molecule has 1 aromatic heterocycles. The first-order valence-electron chi connectivity index (χ1n) is 6.08. The van der Waals surface area contributed by atoms with Gasteiger partial charge in [-0.2, -0.15) is 0 Å². The van der Waals surface area contributed by atoms with Crippen molar-refractivity contribution in [1.29, 1.82) is 0 Å². The van der Waals surface area contributed by atoms with E-state index in [4.69, 9.17) is 25.8 Å². The second kappa shape index (κ2) is 5.46. The lowest BCUT2D eigenvalue weighted by molar-refractivity contribution is 0.174. The number of fused-ring (bicyclic) bond motifs is 1. The number of anilines is 1. The van der Waals surface area contributed by atoms with Gasteiger partial charge in [-0.25, -0.2) is 4.98 Å². The maximum absolute atomic E-state index is 6.13. The highest BCUT2D eigenvalue weighted by molar-refractivity contribution is 6.32. The number of ether oxygens (including phenoxy) is 3. The highest BCUT2D eigenvalue weighted by atomic mass is 35.5. The molecule has 2 aromatic rings. The molecule has 1 aromatic carbocycles. The third-order valence-corrected chi connectivity index (χ3v) is 3.21. The van der Waals surface area contributed by atoms with Crippen molar-refractivity contribution >= 4 is 17.3 Å². The second-order valence-corrected chi connectivity index (χ2v) is 4.66. The number of rotatable bonds is 4. The molecule has 0 spiro atoms. The number of nitrogens with one attached hydrogen (secondary N) is 1. The van der Waals surface area contributed by atoms with Gasteiger partial charge in [-0.15, -0.1) is 0 Å². The summed E-state index contributed by atoms with van der Waals surface area (Å²) in [4.78, 5) is 4.13. The van der Waals surface area contributed by atoms with Crippen LogP contribution in [0.25, 0.3) is 0 Å². The molecule has 0 saturated carbocycles. The molecule has 5 nitrogen and oxygen atoms in total. The molecular formula is C14H13ClN2O3. The molecule has 0 saturated heterocycles. The summed E-state index contributed by atoms with van der Waals surface area (Å²) in [5.41, 5.74) is 1.91. The largest absolute Gasteiger partial charge is 0.481 e. The van der Waals surface area contributed by atoms with E-state index in [2.05, 4.69) is 10.3 Å². The van der Waals surface area contributed by atoms with Crippen molar-refractivity contribution < 1.29 is 14.2 Å². The Morgan fingerprint density at radius 3 is 3.00 bits per heavy atom. The molecule has 2 heterocycles. The molecule has 0 unspecified atom stereocenters. The van der Waals surface area contributed by atoms with Crippen molar-refractivity contribution in [3.05, 3.63) is 41.0 Å². The summed E-state index contributed by atoms with van der Waals surface area (Å²) in [5.74, 6) is 1.88. The van der Waals surface area contributed by atoms with Crippen LogP contribution in [0.1, 0.15) is 5.56 Å². The SMILES string of the molecule is COc1ccc(NCc2cc(Cl)c3c(c2)OCO3)cn1. The summed E-state index contributed by atoms with van der Waals surface area (Å²) in [7, 11) is 1.59. The summed E-state index contributed by atoms with van der Waals surface area (Å²) in [6.45, 7) is 0.832. The zero-order valence-electron chi connectivity index (χ0n) is 10.9. The monoisotopic (exact) mass is 292 g/mol. The van der Waals surface area contributed by atoms with Crippen molar-refractivity contribution in [2.45, 2.75) is 6.54 Å². The summed E-state index contributed by atoms with van der Waals surface area (Å²) in [6.07, 6.45) is 1.72. The lowest BCUT2D eigenvalue weighted by Crippen LogP contribution is -2.00. The third kappa shape index (κ3) is 2.58. The molecule has 20 heavy (non-hydrogen) atoms. The molecule has 1 aliphatic rings. The van der Waals surface area contributed by atoms with Crippen molar-refractivity contribution in [2.75, 3.05) is 19.2 Å². The van der Waals surface area contributed by atoms with Crippen LogP contribution in [0, 0.1) is 0 Å². The average Bonchev–Trinajstić information content (AvgIpc) is 2.94. The van der Waals surface area contributed by atoms with E-state index >= 15 is 0 Å². The summed E-state index contributed by atoms with van der Waals surface area (Å²) >= 11 is 6.13. The normalized spacial score (nSPS) is 12.3. The molecule has 0 amide bonds. The number of benzene rings is 1. The van der Waals surface area contributed by atoms with Crippen molar-refractivity contribution in [2.24, 2.45) is 0 Å². The summed E-state index contributed by atoms with van der Waals surface area (Å²) < 4.78 is 15.6. The lowest BCUT2D eigenvalue weighted by atomic mass is 10.2. The van der Waals surface area contributed by atoms with Crippen LogP contribution >= 0.6 is 11.6 Å². The molecular weight excluding hydrogens is 280 g/mol. The van der Waals surface area contributed by atoms with Crippen molar-refractivity contribution in [3.8, 4) is 17.4 Å². The summed E-state index contributed by atoms with van der Waals surface area (Å²) in [5, 5.41) is 3.82. The van der Waals surface area contributed by atoms with Crippen molar-refractivity contribution in [1.82, 2.24) is 4.98 Å².